The van der Waals surface area contributed by atoms with E-state index >= 15 is 0 Å². The maximum absolute atomic E-state index is 12.1. The summed E-state index contributed by atoms with van der Waals surface area (Å²) in [5.74, 6) is 0.344. The van der Waals surface area contributed by atoms with Crippen LogP contribution in [0.2, 0.25) is 0 Å². The maximum atomic E-state index is 12.1. The number of amides is 1. The van der Waals surface area contributed by atoms with Crippen molar-refractivity contribution in [2.75, 3.05) is 19.0 Å². The molecule has 0 aliphatic rings. The zero-order chi connectivity index (χ0) is 20.2. The van der Waals surface area contributed by atoms with Crippen molar-refractivity contribution < 1.29 is 19.2 Å². The van der Waals surface area contributed by atoms with E-state index in [1.807, 2.05) is 12.1 Å². The molecular formula is C19H21BrN2O5. The fourth-order valence-electron chi connectivity index (χ4n) is 2.31. The molecule has 0 aromatic heterocycles. The van der Waals surface area contributed by atoms with E-state index in [-0.39, 0.29) is 23.4 Å². The summed E-state index contributed by atoms with van der Waals surface area (Å²) in [5, 5.41) is 13.7. The van der Waals surface area contributed by atoms with Gasteiger partial charge in [0, 0.05) is 0 Å². The standard InChI is InChI=1S/C19H21BrN2O5/c1-19(2,3)12-5-8-17(14(20)9-12)27-11-18(23)21-15-7-6-13(26-4)10-16(15)22(24)25/h5-10H,11H2,1-4H3,(H,21,23). The Hall–Kier alpha value is -2.61. The molecule has 0 aliphatic carbocycles. The van der Waals surface area contributed by atoms with Gasteiger partial charge >= 0.3 is 0 Å². The molecule has 0 bridgehead atoms. The number of halogens is 1. The second-order valence-electron chi connectivity index (χ2n) is 6.87. The van der Waals surface area contributed by atoms with Crippen LogP contribution in [0.15, 0.2) is 40.9 Å². The minimum absolute atomic E-state index is 0.00821. The number of nitro groups is 1. The van der Waals surface area contributed by atoms with Crippen LogP contribution in [0.1, 0.15) is 26.3 Å². The van der Waals surface area contributed by atoms with E-state index in [0.29, 0.717) is 11.5 Å². The third-order valence-corrected chi connectivity index (χ3v) is 4.45. The summed E-state index contributed by atoms with van der Waals surface area (Å²) in [6.45, 7) is 6.02. The van der Waals surface area contributed by atoms with Crippen molar-refractivity contribution in [1.82, 2.24) is 0 Å². The summed E-state index contributed by atoms with van der Waals surface area (Å²) < 4.78 is 11.2. The third-order valence-electron chi connectivity index (χ3n) is 3.83. The van der Waals surface area contributed by atoms with Crippen molar-refractivity contribution in [3.8, 4) is 11.5 Å². The van der Waals surface area contributed by atoms with Crippen molar-refractivity contribution in [2.24, 2.45) is 0 Å². The highest BCUT2D eigenvalue weighted by Crippen LogP contribution is 2.32. The summed E-state index contributed by atoms with van der Waals surface area (Å²) in [5.41, 5.74) is 0.945. The normalized spacial score (nSPS) is 11.0. The van der Waals surface area contributed by atoms with Gasteiger partial charge in [0.1, 0.15) is 17.2 Å². The van der Waals surface area contributed by atoms with Gasteiger partial charge in [-0.3, -0.25) is 14.9 Å². The number of nitro benzene ring substituents is 1. The van der Waals surface area contributed by atoms with Gasteiger partial charge in [-0.2, -0.15) is 0 Å². The number of nitrogens with one attached hydrogen (secondary N) is 1. The van der Waals surface area contributed by atoms with Crippen LogP contribution in [0.25, 0.3) is 0 Å². The monoisotopic (exact) mass is 436 g/mol. The first kappa shape index (κ1) is 20.7. The largest absolute Gasteiger partial charge is 0.496 e. The molecule has 0 fully saturated rings. The lowest BCUT2D eigenvalue weighted by molar-refractivity contribution is -0.384. The average molecular weight is 437 g/mol. The first-order valence-electron chi connectivity index (χ1n) is 8.17. The molecule has 0 spiro atoms. The van der Waals surface area contributed by atoms with Crippen molar-refractivity contribution >= 4 is 33.2 Å². The molecule has 2 aromatic rings. The topological polar surface area (TPSA) is 90.7 Å². The van der Waals surface area contributed by atoms with Gasteiger partial charge in [0.15, 0.2) is 6.61 Å². The fraction of sp³-hybridized carbons (Fsp3) is 0.316. The van der Waals surface area contributed by atoms with E-state index < -0.39 is 10.8 Å². The Bertz CT molecular complexity index is 862. The van der Waals surface area contributed by atoms with Gasteiger partial charge in [-0.1, -0.05) is 26.8 Å². The van der Waals surface area contributed by atoms with Gasteiger partial charge < -0.3 is 14.8 Å². The molecule has 0 saturated carbocycles. The van der Waals surface area contributed by atoms with Crippen molar-refractivity contribution in [3.63, 3.8) is 0 Å². The molecule has 8 heteroatoms. The maximum Gasteiger partial charge on any atom is 0.296 e. The number of carbonyl (C=O) groups is 1. The molecule has 0 radical (unpaired) electrons. The zero-order valence-corrected chi connectivity index (χ0v) is 17.1. The van der Waals surface area contributed by atoms with Gasteiger partial charge in [0.05, 0.1) is 22.6 Å². The first-order valence-corrected chi connectivity index (χ1v) is 8.96. The zero-order valence-electron chi connectivity index (χ0n) is 15.5. The first-order chi connectivity index (χ1) is 12.6. The van der Waals surface area contributed by atoms with Crippen molar-refractivity contribution in [2.45, 2.75) is 26.2 Å². The highest BCUT2D eigenvalue weighted by atomic mass is 79.9. The molecule has 27 heavy (non-hydrogen) atoms. The fourth-order valence-corrected chi connectivity index (χ4v) is 2.80. The van der Waals surface area contributed by atoms with Gasteiger partial charge in [-0.25, -0.2) is 0 Å². The summed E-state index contributed by atoms with van der Waals surface area (Å²) >= 11 is 3.44. The summed E-state index contributed by atoms with van der Waals surface area (Å²) in [6.07, 6.45) is 0. The van der Waals surface area contributed by atoms with Crippen LogP contribution in [-0.4, -0.2) is 24.5 Å². The molecule has 2 rings (SSSR count). The van der Waals surface area contributed by atoms with E-state index in [4.69, 9.17) is 9.47 Å². The Morgan fingerprint density at radius 2 is 1.93 bits per heavy atom. The summed E-state index contributed by atoms with van der Waals surface area (Å²) in [4.78, 5) is 22.7. The van der Waals surface area contributed by atoms with Gasteiger partial charge in [-0.05, 0) is 51.2 Å². The molecule has 0 unspecified atom stereocenters. The van der Waals surface area contributed by atoms with Crippen LogP contribution in [0.5, 0.6) is 11.5 Å². The van der Waals surface area contributed by atoms with Crippen LogP contribution in [0, 0.1) is 10.1 Å². The smallest absolute Gasteiger partial charge is 0.296 e. The van der Waals surface area contributed by atoms with E-state index in [1.54, 1.807) is 6.07 Å². The molecule has 144 valence electrons. The van der Waals surface area contributed by atoms with Crippen molar-refractivity contribution in [3.05, 3.63) is 56.5 Å². The molecule has 7 nitrogen and oxygen atoms in total. The Morgan fingerprint density at radius 1 is 1.22 bits per heavy atom. The Kier molecular flexibility index (Phi) is 6.43. The Morgan fingerprint density at radius 3 is 2.48 bits per heavy atom. The number of ether oxygens (including phenoxy) is 2. The third kappa shape index (κ3) is 5.43. The van der Waals surface area contributed by atoms with Crippen LogP contribution < -0.4 is 14.8 Å². The number of nitrogens with zero attached hydrogens (tertiary/aromatic N) is 1. The highest BCUT2D eigenvalue weighted by molar-refractivity contribution is 9.10. The summed E-state index contributed by atoms with van der Waals surface area (Å²) in [7, 11) is 1.41. The van der Waals surface area contributed by atoms with Crippen LogP contribution in [0.3, 0.4) is 0 Å². The molecule has 0 aliphatic heterocycles. The number of carbonyl (C=O) groups excluding carboxylic acids is 1. The number of rotatable bonds is 6. The second-order valence-corrected chi connectivity index (χ2v) is 7.73. The quantitative estimate of drug-likeness (QED) is 0.524. The van der Waals surface area contributed by atoms with E-state index in [0.717, 1.165) is 10.0 Å². The molecular weight excluding hydrogens is 416 g/mol. The molecule has 0 saturated heterocycles. The minimum atomic E-state index is -0.583. The van der Waals surface area contributed by atoms with Crippen molar-refractivity contribution in [1.29, 1.82) is 0 Å². The predicted octanol–water partition coefficient (Wildman–Crippen LogP) is 4.68. The number of anilines is 1. The number of hydrogen-bond donors (Lipinski definition) is 1. The highest BCUT2D eigenvalue weighted by Gasteiger charge is 2.18. The number of methoxy groups -OCH3 is 1. The van der Waals surface area contributed by atoms with Gasteiger partial charge in [0.25, 0.3) is 11.6 Å². The number of benzene rings is 2. The Labute approximate surface area is 166 Å². The molecule has 2 aromatic carbocycles. The lowest BCUT2D eigenvalue weighted by Crippen LogP contribution is -2.21. The molecule has 1 N–H and O–H groups in total. The lowest BCUT2D eigenvalue weighted by atomic mass is 9.87. The van der Waals surface area contributed by atoms with Crippen LogP contribution in [0.4, 0.5) is 11.4 Å². The van der Waals surface area contributed by atoms with E-state index in [2.05, 4.69) is 42.0 Å². The van der Waals surface area contributed by atoms with Crippen LogP contribution in [-0.2, 0) is 10.2 Å². The lowest BCUT2D eigenvalue weighted by Gasteiger charge is -2.20. The molecule has 0 heterocycles. The molecule has 1 amide bonds. The average Bonchev–Trinajstić information content (AvgIpc) is 2.60. The second kappa shape index (κ2) is 8.39. The van der Waals surface area contributed by atoms with Gasteiger partial charge in [0.2, 0.25) is 0 Å². The summed E-state index contributed by atoms with van der Waals surface area (Å²) in [6, 6.07) is 9.87. The minimum Gasteiger partial charge on any atom is -0.496 e. The van der Waals surface area contributed by atoms with E-state index in [9.17, 15) is 14.9 Å². The SMILES string of the molecule is COc1ccc(NC(=O)COc2ccc(C(C)(C)C)cc2Br)c([N+](=O)[O-])c1. The predicted molar refractivity (Wildman–Crippen MR) is 107 cm³/mol. The number of hydrogen-bond acceptors (Lipinski definition) is 5. The van der Waals surface area contributed by atoms with E-state index in [1.165, 1.54) is 25.3 Å². The molecule has 0 atom stereocenters. The Balaban J connectivity index is 2.06. The van der Waals surface area contributed by atoms with Gasteiger partial charge in [-0.15, -0.1) is 0 Å². The van der Waals surface area contributed by atoms with Crippen LogP contribution >= 0.6 is 15.9 Å².